The zero-order valence-corrected chi connectivity index (χ0v) is 12.6. The SMILES string of the molecule is COCC(O)CCNC(=O)/C=C/c1cccc(Cl)c1Cl. The number of benzene rings is 1. The third-order valence-electron chi connectivity index (χ3n) is 2.53. The molecule has 1 rings (SSSR count). The predicted octanol–water partition coefficient (Wildman–Crippen LogP) is 2.52. The van der Waals surface area contributed by atoms with E-state index in [1.54, 1.807) is 24.3 Å². The van der Waals surface area contributed by atoms with Crippen molar-refractivity contribution in [3.8, 4) is 0 Å². The Morgan fingerprint density at radius 2 is 2.25 bits per heavy atom. The molecule has 110 valence electrons. The quantitative estimate of drug-likeness (QED) is 0.760. The van der Waals surface area contributed by atoms with Crippen molar-refractivity contribution in [1.29, 1.82) is 0 Å². The van der Waals surface area contributed by atoms with Gasteiger partial charge in [-0.15, -0.1) is 0 Å². The molecule has 0 aliphatic rings. The summed E-state index contributed by atoms with van der Waals surface area (Å²) < 4.78 is 4.79. The molecule has 0 fully saturated rings. The first-order chi connectivity index (χ1) is 9.54. The number of amides is 1. The molecule has 6 heteroatoms. The van der Waals surface area contributed by atoms with E-state index in [-0.39, 0.29) is 12.5 Å². The molecule has 0 bridgehead atoms. The van der Waals surface area contributed by atoms with Crippen molar-refractivity contribution in [2.45, 2.75) is 12.5 Å². The molecule has 0 aliphatic carbocycles. The number of nitrogens with one attached hydrogen (secondary N) is 1. The van der Waals surface area contributed by atoms with Crippen LogP contribution in [-0.4, -0.2) is 37.4 Å². The van der Waals surface area contributed by atoms with Crippen LogP contribution in [0.4, 0.5) is 0 Å². The number of carbonyl (C=O) groups excluding carboxylic acids is 1. The highest BCUT2D eigenvalue weighted by molar-refractivity contribution is 6.42. The monoisotopic (exact) mass is 317 g/mol. The molecule has 2 N–H and O–H groups in total. The van der Waals surface area contributed by atoms with Crippen molar-refractivity contribution in [1.82, 2.24) is 5.32 Å². The Morgan fingerprint density at radius 1 is 1.50 bits per heavy atom. The highest BCUT2D eigenvalue weighted by Gasteiger charge is 2.04. The molecule has 1 amide bonds. The van der Waals surface area contributed by atoms with Crippen LogP contribution in [-0.2, 0) is 9.53 Å². The van der Waals surface area contributed by atoms with Crippen molar-refractivity contribution in [2.24, 2.45) is 0 Å². The fourth-order valence-electron chi connectivity index (χ4n) is 1.51. The summed E-state index contributed by atoms with van der Waals surface area (Å²) in [7, 11) is 1.51. The largest absolute Gasteiger partial charge is 0.391 e. The van der Waals surface area contributed by atoms with Crippen LogP contribution in [0.2, 0.25) is 10.0 Å². The Bertz CT molecular complexity index is 477. The maximum atomic E-state index is 11.6. The molecule has 1 aromatic rings. The standard InChI is InChI=1S/C14H17Cl2NO3/c1-20-9-11(18)7-8-17-13(19)6-5-10-3-2-4-12(15)14(10)16/h2-6,11,18H,7-9H2,1H3,(H,17,19)/b6-5+. The summed E-state index contributed by atoms with van der Waals surface area (Å²) in [4.78, 5) is 11.6. The van der Waals surface area contributed by atoms with Gasteiger partial charge in [-0.1, -0.05) is 35.3 Å². The highest BCUT2D eigenvalue weighted by Crippen LogP contribution is 2.26. The minimum Gasteiger partial charge on any atom is -0.391 e. The van der Waals surface area contributed by atoms with E-state index in [2.05, 4.69) is 5.32 Å². The first kappa shape index (κ1) is 17.0. The van der Waals surface area contributed by atoms with Gasteiger partial charge in [-0.2, -0.15) is 0 Å². The third kappa shape index (κ3) is 5.92. The molecule has 0 spiro atoms. The summed E-state index contributed by atoms with van der Waals surface area (Å²) in [6, 6.07) is 5.20. The molecule has 1 atom stereocenters. The van der Waals surface area contributed by atoms with E-state index in [0.29, 0.717) is 28.6 Å². The molecular weight excluding hydrogens is 301 g/mol. The van der Waals surface area contributed by atoms with Gasteiger partial charge in [0, 0.05) is 19.7 Å². The Balaban J connectivity index is 2.42. The molecule has 0 radical (unpaired) electrons. The Morgan fingerprint density at radius 3 is 2.95 bits per heavy atom. The Hall–Kier alpha value is -1.07. The van der Waals surface area contributed by atoms with Crippen LogP contribution in [0.3, 0.4) is 0 Å². The zero-order chi connectivity index (χ0) is 15.0. The molecule has 0 heterocycles. The summed E-state index contributed by atoms with van der Waals surface area (Å²) >= 11 is 11.9. The lowest BCUT2D eigenvalue weighted by Crippen LogP contribution is -2.27. The summed E-state index contributed by atoms with van der Waals surface area (Å²) in [6.45, 7) is 0.626. The van der Waals surface area contributed by atoms with Crippen LogP contribution in [0.5, 0.6) is 0 Å². The summed E-state index contributed by atoms with van der Waals surface area (Å²) in [5, 5.41) is 12.9. The van der Waals surface area contributed by atoms with Crippen LogP contribution in [0, 0.1) is 0 Å². The first-order valence-electron chi connectivity index (χ1n) is 6.11. The number of aliphatic hydroxyl groups excluding tert-OH is 1. The van der Waals surface area contributed by atoms with Gasteiger partial charge in [0.1, 0.15) is 0 Å². The molecule has 0 aliphatic heterocycles. The minimum absolute atomic E-state index is 0.254. The van der Waals surface area contributed by atoms with Gasteiger partial charge in [0.15, 0.2) is 0 Å². The number of rotatable bonds is 7. The van der Waals surface area contributed by atoms with Crippen molar-refractivity contribution in [3.05, 3.63) is 39.9 Å². The Kier molecular flexibility index (Phi) is 7.62. The molecule has 0 saturated heterocycles. The lowest BCUT2D eigenvalue weighted by atomic mass is 10.2. The molecule has 0 aromatic heterocycles. The topological polar surface area (TPSA) is 58.6 Å². The minimum atomic E-state index is -0.577. The van der Waals surface area contributed by atoms with E-state index in [0.717, 1.165) is 0 Å². The fraction of sp³-hybridized carbons (Fsp3) is 0.357. The smallest absolute Gasteiger partial charge is 0.244 e. The van der Waals surface area contributed by atoms with Crippen molar-refractivity contribution in [2.75, 3.05) is 20.3 Å². The molecular formula is C14H17Cl2NO3. The van der Waals surface area contributed by atoms with E-state index in [1.807, 2.05) is 0 Å². The second-order valence-electron chi connectivity index (χ2n) is 4.17. The number of hydrogen-bond donors (Lipinski definition) is 2. The number of aliphatic hydroxyl groups is 1. The first-order valence-corrected chi connectivity index (χ1v) is 6.87. The number of ether oxygens (including phenoxy) is 1. The number of halogens is 2. The van der Waals surface area contributed by atoms with Gasteiger partial charge in [-0.05, 0) is 24.1 Å². The third-order valence-corrected chi connectivity index (χ3v) is 3.37. The van der Waals surface area contributed by atoms with Gasteiger partial charge in [0.05, 0.1) is 22.8 Å². The molecule has 0 saturated carbocycles. The second kappa shape index (κ2) is 8.97. The van der Waals surface area contributed by atoms with E-state index in [4.69, 9.17) is 27.9 Å². The van der Waals surface area contributed by atoms with E-state index in [1.165, 1.54) is 13.2 Å². The van der Waals surface area contributed by atoms with E-state index < -0.39 is 6.10 Å². The lowest BCUT2D eigenvalue weighted by Gasteiger charge is -2.08. The normalized spacial score (nSPS) is 12.6. The van der Waals surface area contributed by atoms with Crippen LogP contribution in [0.25, 0.3) is 6.08 Å². The fourth-order valence-corrected chi connectivity index (χ4v) is 1.88. The maximum Gasteiger partial charge on any atom is 0.244 e. The van der Waals surface area contributed by atoms with Crippen LogP contribution < -0.4 is 5.32 Å². The van der Waals surface area contributed by atoms with E-state index in [9.17, 15) is 9.90 Å². The van der Waals surface area contributed by atoms with Gasteiger partial charge in [-0.3, -0.25) is 4.79 Å². The second-order valence-corrected chi connectivity index (χ2v) is 4.95. The summed E-state index contributed by atoms with van der Waals surface area (Å²) in [6.07, 6.45) is 2.83. The average molecular weight is 318 g/mol. The van der Waals surface area contributed by atoms with Gasteiger partial charge < -0.3 is 15.2 Å². The van der Waals surface area contributed by atoms with Gasteiger partial charge in [0.2, 0.25) is 5.91 Å². The molecule has 1 aromatic carbocycles. The number of carbonyl (C=O) groups is 1. The molecule has 20 heavy (non-hydrogen) atoms. The lowest BCUT2D eigenvalue weighted by molar-refractivity contribution is -0.116. The highest BCUT2D eigenvalue weighted by atomic mass is 35.5. The molecule has 4 nitrogen and oxygen atoms in total. The molecule has 1 unspecified atom stereocenters. The average Bonchev–Trinajstić information content (AvgIpc) is 2.41. The maximum absolute atomic E-state index is 11.6. The van der Waals surface area contributed by atoms with Crippen LogP contribution in [0.15, 0.2) is 24.3 Å². The summed E-state index contributed by atoms with van der Waals surface area (Å²) in [5.74, 6) is -0.259. The van der Waals surface area contributed by atoms with Gasteiger partial charge in [0.25, 0.3) is 0 Å². The predicted molar refractivity (Wildman–Crippen MR) is 81.0 cm³/mol. The number of methoxy groups -OCH3 is 1. The van der Waals surface area contributed by atoms with Crippen molar-refractivity contribution in [3.63, 3.8) is 0 Å². The van der Waals surface area contributed by atoms with Crippen molar-refractivity contribution < 1.29 is 14.6 Å². The Labute approximate surface area is 128 Å². The number of hydrogen-bond acceptors (Lipinski definition) is 3. The van der Waals surface area contributed by atoms with Crippen LogP contribution >= 0.6 is 23.2 Å². The van der Waals surface area contributed by atoms with Crippen molar-refractivity contribution >= 4 is 35.2 Å². The van der Waals surface area contributed by atoms with Gasteiger partial charge in [-0.25, -0.2) is 0 Å². The van der Waals surface area contributed by atoms with E-state index >= 15 is 0 Å². The van der Waals surface area contributed by atoms with Crippen LogP contribution in [0.1, 0.15) is 12.0 Å². The summed E-state index contributed by atoms with van der Waals surface area (Å²) in [5.41, 5.74) is 0.675. The van der Waals surface area contributed by atoms with Gasteiger partial charge >= 0.3 is 0 Å². The zero-order valence-electron chi connectivity index (χ0n) is 11.1.